The molecule has 1 N–H and O–H groups in total. The Morgan fingerprint density at radius 3 is 2.42 bits per heavy atom. The Bertz CT molecular complexity index is 720. The smallest absolute Gasteiger partial charge is 0.148 e. The van der Waals surface area contributed by atoms with Crippen LogP contribution in [0.5, 0.6) is 5.75 Å². The Morgan fingerprint density at radius 2 is 1.73 bits per heavy atom. The van der Waals surface area contributed by atoms with Crippen LogP contribution in [0.25, 0.3) is 0 Å². The van der Waals surface area contributed by atoms with Gasteiger partial charge in [0.15, 0.2) is 0 Å². The van der Waals surface area contributed by atoms with Crippen LogP contribution in [0, 0.1) is 0 Å². The van der Waals surface area contributed by atoms with Crippen LogP contribution in [0.15, 0.2) is 63.1 Å². The number of hydrogen-bond acceptors (Lipinski definition) is 2. The predicted octanol–water partition coefficient (Wildman–Crippen LogP) is 6.77. The molecule has 2 aromatic rings. The SMILES string of the molecule is Brc1cc(CNCCC2=CCCCC2)cc(Br)c1OCc1ccccc1. The maximum Gasteiger partial charge on any atom is 0.148 e. The minimum atomic E-state index is 0.560. The van der Waals surface area contributed by atoms with E-state index in [0.717, 1.165) is 33.3 Å². The Labute approximate surface area is 173 Å². The van der Waals surface area contributed by atoms with Crippen molar-refractivity contribution in [3.8, 4) is 5.75 Å². The van der Waals surface area contributed by atoms with Gasteiger partial charge < -0.3 is 10.1 Å². The summed E-state index contributed by atoms with van der Waals surface area (Å²) in [5, 5.41) is 3.56. The van der Waals surface area contributed by atoms with Crippen LogP contribution in [-0.2, 0) is 13.2 Å². The molecule has 4 heteroatoms. The minimum absolute atomic E-state index is 0.560. The number of nitrogens with one attached hydrogen (secondary N) is 1. The van der Waals surface area contributed by atoms with Gasteiger partial charge in [0.25, 0.3) is 0 Å². The predicted molar refractivity (Wildman–Crippen MR) is 115 cm³/mol. The van der Waals surface area contributed by atoms with Crippen molar-refractivity contribution < 1.29 is 4.74 Å². The lowest BCUT2D eigenvalue weighted by Crippen LogP contribution is -2.15. The molecule has 0 amide bonds. The third-order valence-electron chi connectivity index (χ3n) is 4.62. The maximum atomic E-state index is 5.99. The van der Waals surface area contributed by atoms with Crippen molar-refractivity contribution in [2.24, 2.45) is 0 Å². The number of rotatable bonds is 8. The fraction of sp³-hybridized carbons (Fsp3) is 0.364. The van der Waals surface area contributed by atoms with Crippen molar-refractivity contribution >= 4 is 31.9 Å². The summed E-state index contributed by atoms with van der Waals surface area (Å²) in [4.78, 5) is 0. The number of ether oxygens (including phenoxy) is 1. The van der Waals surface area contributed by atoms with Crippen LogP contribution in [-0.4, -0.2) is 6.54 Å². The van der Waals surface area contributed by atoms with Gasteiger partial charge in [-0.2, -0.15) is 0 Å². The third kappa shape index (κ3) is 5.97. The quantitative estimate of drug-likeness (QED) is 0.333. The van der Waals surface area contributed by atoms with Crippen molar-refractivity contribution in [1.29, 1.82) is 0 Å². The van der Waals surface area contributed by atoms with E-state index in [4.69, 9.17) is 4.74 Å². The Kier molecular flexibility index (Phi) is 7.78. The lowest BCUT2D eigenvalue weighted by atomic mass is 9.97. The molecule has 0 heterocycles. The molecule has 2 aromatic carbocycles. The third-order valence-corrected chi connectivity index (χ3v) is 5.80. The summed E-state index contributed by atoms with van der Waals surface area (Å²) in [5.41, 5.74) is 4.03. The van der Waals surface area contributed by atoms with Crippen molar-refractivity contribution in [2.75, 3.05) is 6.54 Å². The van der Waals surface area contributed by atoms with Crippen LogP contribution >= 0.6 is 31.9 Å². The fourth-order valence-corrected chi connectivity index (χ4v) is 4.71. The molecule has 1 aliphatic carbocycles. The number of allylic oxidation sites excluding steroid dienone is 1. The zero-order valence-electron chi connectivity index (χ0n) is 14.9. The highest BCUT2D eigenvalue weighted by atomic mass is 79.9. The van der Waals surface area contributed by atoms with E-state index in [-0.39, 0.29) is 0 Å². The molecular formula is C22H25Br2NO. The van der Waals surface area contributed by atoms with Gasteiger partial charge in [0.05, 0.1) is 8.95 Å². The van der Waals surface area contributed by atoms with E-state index in [1.54, 1.807) is 5.57 Å². The van der Waals surface area contributed by atoms with E-state index < -0.39 is 0 Å². The summed E-state index contributed by atoms with van der Waals surface area (Å²) in [7, 11) is 0. The first-order valence-corrected chi connectivity index (χ1v) is 10.8. The summed E-state index contributed by atoms with van der Waals surface area (Å²) in [5.74, 6) is 0.852. The molecule has 138 valence electrons. The highest BCUT2D eigenvalue weighted by Gasteiger charge is 2.10. The van der Waals surface area contributed by atoms with Gasteiger partial charge in [-0.25, -0.2) is 0 Å². The summed E-state index contributed by atoms with van der Waals surface area (Å²) < 4.78 is 7.95. The molecule has 0 aliphatic heterocycles. The first-order valence-electron chi connectivity index (χ1n) is 9.25. The van der Waals surface area contributed by atoms with Crippen LogP contribution < -0.4 is 10.1 Å². The van der Waals surface area contributed by atoms with Crippen LogP contribution in [0.4, 0.5) is 0 Å². The van der Waals surface area contributed by atoms with Crippen molar-refractivity contribution in [2.45, 2.75) is 45.3 Å². The second kappa shape index (κ2) is 10.3. The Balaban J connectivity index is 1.50. The molecule has 0 unspecified atom stereocenters. The highest BCUT2D eigenvalue weighted by molar-refractivity contribution is 9.11. The summed E-state index contributed by atoms with van der Waals surface area (Å²) in [6.07, 6.45) is 8.86. The van der Waals surface area contributed by atoms with E-state index >= 15 is 0 Å². The van der Waals surface area contributed by atoms with Gasteiger partial charge in [-0.3, -0.25) is 0 Å². The molecule has 0 spiro atoms. The van der Waals surface area contributed by atoms with Crippen molar-refractivity contribution in [1.82, 2.24) is 5.32 Å². The molecule has 0 saturated heterocycles. The molecule has 3 rings (SSSR count). The van der Waals surface area contributed by atoms with Crippen LogP contribution in [0.1, 0.15) is 43.2 Å². The fourth-order valence-electron chi connectivity index (χ4n) is 3.20. The molecule has 0 bridgehead atoms. The molecule has 2 nitrogen and oxygen atoms in total. The molecule has 0 atom stereocenters. The second-order valence-electron chi connectivity index (χ2n) is 6.70. The van der Waals surface area contributed by atoms with E-state index in [1.807, 2.05) is 18.2 Å². The van der Waals surface area contributed by atoms with E-state index in [0.29, 0.717) is 6.61 Å². The number of halogens is 2. The zero-order chi connectivity index (χ0) is 18.2. The number of benzene rings is 2. The van der Waals surface area contributed by atoms with Crippen molar-refractivity contribution in [3.05, 3.63) is 74.2 Å². The largest absolute Gasteiger partial charge is 0.487 e. The first-order chi connectivity index (χ1) is 12.7. The molecule has 1 aliphatic rings. The van der Waals surface area contributed by atoms with Crippen LogP contribution in [0.2, 0.25) is 0 Å². The van der Waals surface area contributed by atoms with E-state index in [9.17, 15) is 0 Å². The molecule has 26 heavy (non-hydrogen) atoms. The summed E-state index contributed by atoms with van der Waals surface area (Å²) in [6, 6.07) is 14.5. The topological polar surface area (TPSA) is 21.3 Å². The van der Waals surface area contributed by atoms with Gasteiger partial charge in [0.2, 0.25) is 0 Å². The Hall–Kier alpha value is -1.10. The molecule has 0 saturated carbocycles. The van der Waals surface area contributed by atoms with Gasteiger partial charge in [0.1, 0.15) is 12.4 Å². The standard InChI is InChI=1S/C22H25Br2NO/c23-20-13-19(15-25-12-11-17-7-3-1-4-8-17)14-21(24)22(20)26-16-18-9-5-2-6-10-18/h2,5-7,9-10,13-14,25H,1,3-4,8,11-12,15-16H2. The van der Waals surface area contributed by atoms with Crippen molar-refractivity contribution in [3.63, 3.8) is 0 Å². The van der Waals surface area contributed by atoms with E-state index in [2.05, 4.69) is 67.5 Å². The summed E-state index contributed by atoms with van der Waals surface area (Å²) >= 11 is 7.30. The lowest BCUT2D eigenvalue weighted by molar-refractivity contribution is 0.302. The number of hydrogen-bond donors (Lipinski definition) is 1. The molecular weight excluding hydrogens is 454 g/mol. The molecule has 0 radical (unpaired) electrons. The van der Waals surface area contributed by atoms with Crippen LogP contribution in [0.3, 0.4) is 0 Å². The van der Waals surface area contributed by atoms with Gasteiger partial charge in [-0.15, -0.1) is 0 Å². The molecule has 0 aromatic heterocycles. The minimum Gasteiger partial charge on any atom is -0.487 e. The van der Waals surface area contributed by atoms with Gasteiger partial charge in [-0.05, 0) is 93.8 Å². The average Bonchev–Trinajstić information content (AvgIpc) is 2.66. The van der Waals surface area contributed by atoms with Gasteiger partial charge >= 0.3 is 0 Å². The summed E-state index contributed by atoms with van der Waals surface area (Å²) in [6.45, 7) is 2.46. The lowest BCUT2D eigenvalue weighted by Gasteiger charge is -2.14. The molecule has 0 fully saturated rings. The second-order valence-corrected chi connectivity index (χ2v) is 8.41. The van der Waals surface area contributed by atoms with E-state index in [1.165, 1.54) is 37.7 Å². The highest BCUT2D eigenvalue weighted by Crippen LogP contribution is 2.35. The van der Waals surface area contributed by atoms with Gasteiger partial charge in [0, 0.05) is 6.54 Å². The first kappa shape index (κ1) is 19.7. The normalized spacial score (nSPS) is 14.2. The maximum absolute atomic E-state index is 5.99. The monoisotopic (exact) mass is 477 g/mol. The van der Waals surface area contributed by atoms with Gasteiger partial charge in [-0.1, -0.05) is 42.0 Å². The zero-order valence-corrected chi connectivity index (χ0v) is 18.1. The Morgan fingerprint density at radius 1 is 0.962 bits per heavy atom. The average molecular weight is 479 g/mol.